The molecule has 1 N–H and O–H groups in total. The van der Waals surface area contributed by atoms with Crippen molar-refractivity contribution in [2.75, 3.05) is 19.7 Å². The molecule has 4 rings (SSSR count). The molecule has 1 atom stereocenters. The van der Waals surface area contributed by atoms with E-state index in [0.29, 0.717) is 11.5 Å². The first-order valence-electron chi connectivity index (χ1n) is 8.38. The Kier molecular flexibility index (Phi) is 4.10. The van der Waals surface area contributed by atoms with Gasteiger partial charge >= 0.3 is 0 Å². The van der Waals surface area contributed by atoms with Crippen LogP contribution >= 0.6 is 0 Å². The third-order valence-corrected chi connectivity index (χ3v) is 5.18. The van der Waals surface area contributed by atoms with Gasteiger partial charge in [-0.25, -0.2) is 4.98 Å². The minimum atomic E-state index is 0.295. The van der Waals surface area contributed by atoms with E-state index in [0.717, 1.165) is 50.6 Å². The van der Waals surface area contributed by atoms with Crippen molar-refractivity contribution in [3.8, 4) is 0 Å². The molecule has 122 valence electrons. The van der Waals surface area contributed by atoms with Crippen molar-refractivity contribution in [3.05, 3.63) is 42.5 Å². The smallest absolute Gasteiger partial charge is 0.120 e. The van der Waals surface area contributed by atoms with Crippen LogP contribution in [0.1, 0.15) is 30.8 Å². The third-order valence-electron chi connectivity index (χ3n) is 5.18. The maximum absolute atomic E-state index is 6.09. The Bertz CT molecular complexity index is 607. The van der Waals surface area contributed by atoms with Crippen LogP contribution < -0.4 is 0 Å². The summed E-state index contributed by atoms with van der Waals surface area (Å²) in [5.74, 6) is 1.06. The molecule has 0 unspecified atom stereocenters. The van der Waals surface area contributed by atoms with E-state index in [1.165, 1.54) is 12.8 Å². The average Bonchev–Trinajstić information content (AvgIpc) is 3.22. The van der Waals surface area contributed by atoms with E-state index in [4.69, 9.17) is 4.74 Å². The Hall–Kier alpha value is -1.79. The molecule has 0 saturated carbocycles. The highest BCUT2D eigenvalue weighted by molar-refractivity contribution is 5.01. The summed E-state index contributed by atoms with van der Waals surface area (Å²) < 4.78 is 6.09. The summed E-state index contributed by atoms with van der Waals surface area (Å²) >= 11 is 0. The number of H-pyrrole nitrogens is 1. The normalized spacial score (nSPS) is 24.3. The lowest BCUT2D eigenvalue weighted by molar-refractivity contribution is 0.0623. The van der Waals surface area contributed by atoms with E-state index in [2.05, 4.69) is 24.8 Å². The van der Waals surface area contributed by atoms with Crippen LogP contribution in [0.25, 0.3) is 0 Å². The first-order valence-corrected chi connectivity index (χ1v) is 8.38. The number of hydrogen-bond acceptors (Lipinski definition) is 5. The van der Waals surface area contributed by atoms with Gasteiger partial charge in [-0.3, -0.25) is 14.9 Å². The van der Waals surface area contributed by atoms with Gasteiger partial charge in [0.05, 0.1) is 24.9 Å². The van der Waals surface area contributed by atoms with Crippen LogP contribution in [0.2, 0.25) is 0 Å². The summed E-state index contributed by atoms with van der Waals surface area (Å²) in [7, 11) is 0. The summed E-state index contributed by atoms with van der Waals surface area (Å²) in [6.07, 6.45) is 13.8. The van der Waals surface area contributed by atoms with Crippen molar-refractivity contribution in [3.63, 3.8) is 0 Å². The van der Waals surface area contributed by atoms with Crippen LogP contribution in [0.4, 0.5) is 0 Å². The van der Waals surface area contributed by atoms with Gasteiger partial charge in [-0.05, 0) is 37.8 Å². The van der Waals surface area contributed by atoms with E-state index in [1.54, 1.807) is 12.4 Å². The van der Waals surface area contributed by atoms with Gasteiger partial charge in [-0.15, -0.1) is 0 Å². The van der Waals surface area contributed by atoms with E-state index in [1.807, 2.05) is 18.6 Å². The van der Waals surface area contributed by atoms with Crippen LogP contribution in [0.15, 0.2) is 31.0 Å². The highest BCUT2D eigenvalue weighted by atomic mass is 16.5. The van der Waals surface area contributed by atoms with Gasteiger partial charge in [0.25, 0.3) is 0 Å². The van der Waals surface area contributed by atoms with Crippen molar-refractivity contribution in [2.24, 2.45) is 5.41 Å². The van der Waals surface area contributed by atoms with Gasteiger partial charge in [0.1, 0.15) is 5.82 Å². The van der Waals surface area contributed by atoms with Crippen LogP contribution in [-0.2, 0) is 17.7 Å². The summed E-state index contributed by atoms with van der Waals surface area (Å²) in [4.78, 5) is 18.5. The molecular formula is C17H23N5O. The second-order valence-electron chi connectivity index (χ2n) is 6.85. The molecule has 2 aliphatic rings. The molecule has 2 fully saturated rings. The molecule has 6 heteroatoms. The largest absolute Gasteiger partial charge is 0.377 e. The van der Waals surface area contributed by atoms with Gasteiger partial charge in [0, 0.05) is 37.4 Å². The number of likely N-dealkylation sites (tertiary alicyclic amines) is 1. The Morgan fingerprint density at radius 1 is 1.22 bits per heavy atom. The minimum Gasteiger partial charge on any atom is -0.377 e. The van der Waals surface area contributed by atoms with Gasteiger partial charge in [-0.1, -0.05) is 0 Å². The van der Waals surface area contributed by atoms with Crippen LogP contribution in [0.5, 0.6) is 0 Å². The third kappa shape index (κ3) is 3.43. The molecule has 0 aromatic carbocycles. The second kappa shape index (κ2) is 6.37. The van der Waals surface area contributed by atoms with Gasteiger partial charge in [0.15, 0.2) is 0 Å². The SMILES string of the molecule is c1cnc(C[C@H]2CC3(CCN(Cc4ncc[nH]4)CC3)CO2)cn1. The molecule has 0 radical (unpaired) electrons. The van der Waals surface area contributed by atoms with E-state index < -0.39 is 0 Å². The molecular weight excluding hydrogens is 290 g/mol. The lowest BCUT2D eigenvalue weighted by Crippen LogP contribution is -2.40. The molecule has 0 aliphatic carbocycles. The lowest BCUT2D eigenvalue weighted by Gasteiger charge is -2.38. The first kappa shape index (κ1) is 14.8. The van der Waals surface area contributed by atoms with E-state index in [-0.39, 0.29) is 0 Å². The van der Waals surface area contributed by atoms with Crippen LogP contribution in [-0.4, -0.2) is 50.6 Å². The molecule has 6 nitrogen and oxygen atoms in total. The number of nitrogens with zero attached hydrogens (tertiary/aromatic N) is 4. The van der Waals surface area contributed by atoms with E-state index in [9.17, 15) is 0 Å². The van der Waals surface area contributed by atoms with Crippen LogP contribution in [0, 0.1) is 5.41 Å². The Morgan fingerprint density at radius 2 is 2.13 bits per heavy atom. The predicted octanol–water partition coefficient (Wildman–Crippen LogP) is 1.81. The standard InChI is InChI=1S/C17H23N5O/c1-7-22(12-16-20-5-6-21-16)8-2-17(1)10-15(23-13-17)9-14-11-18-3-4-19-14/h3-6,11,15H,1-2,7-10,12-13H2,(H,20,21)/t15-/m0/s1. The maximum Gasteiger partial charge on any atom is 0.120 e. The average molecular weight is 313 g/mol. The molecule has 1 spiro atoms. The highest BCUT2D eigenvalue weighted by Gasteiger charge is 2.42. The van der Waals surface area contributed by atoms with Crippen molar-refractivity contribution < 1.29 is 4.74 Å². The van der Waals surface area contributed by atoms with Gasteiger partial charge < -0.3 is 9.72 Å². The molecule has 2 aromatic rings. The molecule has 0 amide bonds. The molecule has 0 bridgehead atoms. The second-order valence-corrected chi connectivity index (χ2v) is 6.85. The number of nitrogens with one attached hydrogen (secondary N) is 1. The topological polar surface area (TPSA) is 66.9 Å². The van der Waals surface area contributed by atoms with E-state index >= 15 is 0 Å². The minimum absolute atomic E-state index is 0.295. The van der Waals surface area contributed by atoms with Crippen molar-refractivity contribution in [1.29, 1.82) is 0 Å². The zero-order valence-corrected chi connectivity index (χ0v) is 13.3. The molecule has 4 heterocycles. The fourth-order valence-electron chi connectivity index (χ4n) is 3.83. The number of hydrogen-bond donors (Lipinski definition) is 1. The predicted molar refractivity (Wildman–Crippen MR) is 85.6 cm³/mol. The summed E-state index contributed by atoms with van der Waals surface area (Å²) in [5.41, 5.74) is 1.40. The molecule has 23 heavy (non-hydrogen) atoms. The Balaban J connectivity index is 1.29. The molecule has 2 aliphatic heterocycles. The lowest BCUT2D eigenvalue weighted by atomic mass is 9.76. The van der Waals surface area contributed by atoms with Gasteiger partial charge in [0.2, 0.25) is 0 Å². The van der Waals surface area contributed by atoms with Crippen molar-refractivity contribution in [2.45, 2.75) is 38.3 Å². The fourth-order valence-corrected chi connectivity index (χ4v) is 3.83. The zero-order valence-electron chi connectivity index (χ0n) is 13.3. The maximum atomic E-state index is 6.09. The van der Waals surface area contributed by atoms with Crippen molar-refractivity contribution >= 4 is 0 Å². The molecule has 2 aromatic heterocycles. The number of rotatable bonds is 4. The number of piperidine rings is 1. The van der Waals surface area contributed by atoms with Crippen molar-refractivity contribution in [1.82, 2.24) is 24.8 Å². The Labute approximate surface area is 136 Å². The summed E-state index contributed by atoms with van der Waals surface area (Å²) in [6, 6.07) is 0. The number of imidazole rings is 1. The number of ether oxygens (including phenoxy) is 1. The van der Waals surface area contributed by atoms with Gasteiger partial charge in [-0.2, -0.15) is 0 Å². The Morgan fingerprint density at radius 3 is 2.87 bits per heavy atom. The number of aromatic nitrogens is 4. The summed E-state index contributed by atoms with van der Waals surface area (Å²) in [5, 5.41) is 0. The quantitative estimate of drug-likeness (QED) is 0.932. The number of aromatic amines is 1. The fraction of sp³-hybridized carbons (Fsp3) is 0.588. The zero-order chi connectivity index (χ0) is 15.5. The van der Waals surface area contributed by atoms with Crippen LogP contribution in [0.3, 0.4) is 0 Å². The monoisotopic (exact) mass is 313 g/mol. The molecule has 2 saturated heterocycles. The first-order chi connectivity index (χ1) is 11.3. The highest BCUT2D eigenvalue weighted by Crippen LogP contribution is 2.42. The summed E-state index contributed by atoms with van der Waals surface area (Å²) in [6.45, 7) is 4.07.